The quantitative estimate of drug-likeness (QED) is 0.752. The van der Waals surface area contributed by atoms with Crippen molar-refractivity contribution >= 4 is 16.9 Å². The Labute approximate surface area is 133 Å². The molecule has 1 N–H and O–H groups in total. The summed E-state index contributed by atoms with van der Waals surface area (Å²) in [7, 11) is 0. The zero-order valence-corrected chi connectivity index (χ0v) is 12.8. The number of fused-ring (bicyclic) bond motifs is 1. The van der Waals surface area contributed by atoms with E-state index < -0.39 is 11.5 Å². The van der Waals surface area contributed by atoms with Gasteiger partial charge in [0.2, 0.25) is 0 Å². The normalized spacial score (nSPS) is 10.7. The first-order valence-corrected chi connectivity index (χ1v) is 7.56. The van der Waals surface area contributed by atoms with Gasteiger partial charge >= 0.3 is 5.63 Å². The van der Waals surface area contributed by atoms with E-state index in [1.807, 2.05) is 30.3 Å². The van der Waals surface area contributed by atoms with Crippen molar-refractivity contribution in [3.63, 3.8) is 0 Å². The fraction of sp³-hybridized carbons (Fsp3) is 0.158. The van der Waals surface area contributed by atoms with Crippen LogP contribution in [0.2, 0.25) is 0 Å². The Balaban J connectivity index is 1.77. The molecule has 1 amide bonds. The summed E-state index contributed by atoms with van der Waals surface area (Å²) in [5.74, 6) is -0.427. The molecule has 4 heteroatoms. The Bertz CT molecular complexity index is 894. The number of benzene rings is 2. The molecule has 0 bridgehead atoms. The molecular weight excluding hydrogens is 290 g/mol. The van der Waals surface area contributed by atoms with E-state index in [0.717, 1.165) is 17.4 Å². The molecule has 0 aliphatic rings. The van der Waals surface area contributed by atoms with Gasteiger partial charge in [-0.05, 0) is 29.7 Å². The maximum absolute atomic E-state index is 12.2. The maximum Gasteiger partial charge on any atom is 0.349 e. The molecule has 0 radical (unpaired) electrons. The molecule has 1 aromatic heterocycles. The summed E-state index contributed by atoms with van der Waals surface area (Å²) in [4.78, 5) is 24.2. The first kappa shape index (κ1) is 15.0. The molecule has 4 nitrogen and oxygen atoms in total. The van der Waals surface area contributed by atoms with Crippen molar-refractivity contribution in [2.45, 2.75) is 19.9 Å². The zero-order valence-electron chi connectivity index (χ0n) is 12.8. The molecule has 1 heterocycles. The summed E-state index contributed by atoms with van der Waals surface area (Å²) in [6.45, 7) is 2.46. The van der Waals surface area contributed by atoms with Crippen LogP contribution in [0.25, 0.3) is 11.0 Å². The van der Waals surface area contributed by atoms with Crippen LogP contribution in [-0.4, -0.2) is 5.91 Å². The van der Waals surface area contributed by atoms with Gasteiger partial charge < -0.3 is 9.73 Å². The number of hydrogen-bond acceptors (Lipinski definition) is 3. The van der Waals surface area contributed by atoms with Crippen LogP contribution >= 0.6 is 0 Å². The third-order valence-corrected chi connectivity index (χ3v) is 3.77. The van der Waals surface area contributed by atoms with Crippen molar-refractivity contribution in [3.8, 4) is 0 Å². The lowest BCUT2D eigenvalue weighted by atomic mass is 10.1. The predicted molar refractivity (Wildman–Crippen MR) is 89.5 cm³/mol. The second-order valence-electron chi connectivity index (χ2n) is 5.34. The van der Waals surface area contributed by atoms with Crippen molar-refractivity contribution in [2.24, 2.45) is 0 Å². The molecule has 0 aliphatic carbocycles. The van der Waals surface area contributed by atoms with E-state index in [4.69, 9.17) is 4.42 Å². The Hall–Kier alpha value is -2.88. The van der Waals surface area contributed by atoms with Gasteiger partial charge in [-0.1, -0.05) is 49.4 Å². The predicted octanol–water partition coefficient (Wildman–Crippen LogP) is 3.29. The Morgan fingerprint density at radius 3 is 2.48 bits per heavy atom. The Kier molecular flexibility index (Phi) is 4.24. The standard InChI is InChI=1S/C19H17NO3/c1-2-13-7-9-14(10-8-13)12-20-18(21)16-11-15-5-3-4-6-17(15)23-19(16)22/h3-11H,2,12H2,1H3,(H,20,21). The number of para-hydroxylation sites is 1. The summed E-state index contributed by atoms with van der Waals surface area (Å²) in [5, 5.41) is 3.49. The second-order valence-corrected chi connectivity index (χ2v) is 5.34. The van der Waals surface area contributed by atoms with Gasteiger partial charge in [-0.25, -0.2) is 4.79 Å². The van der Waals surface area contributed by atoms with Crippen LogP contribution in [0.15, 0.2) is 63.8 Å². The van der Waals surface area contributed by atoms with Crippen LogP contribution in [0.3, 0.4) is 0 Å². The largest absolute Gasteiger partial charge is 0.422 e. The molecule has 3 rings (SSSR count). The highest BCUT2D eigenvalue weighted by Crippen LogP contribution is 2.12. The molecule has 116 valence electrons. The van der Waals surface area contributed by atoms with Crippen molar-refractivity contribution in [3.05, 3.63) is 81.7 Å². The summed E-state index contributed by atoms with van der Waals surface area (Å²) in [6, 6.07) is 16.7. The minimum absolute atomic E-state index is 0.0221. The van der Waals surface area contributed by atoms with Crippen molar-refractivity contribution in [1.82, 2.24) is 5.32 Å². The van der Waals surface area contributed by atoms with E-state index in [-0.39, 0.29) is 5.56 Å². The summed E-state index contributed by atoms with van der Waals surface area (Å²) < 4.78 is 5.18. The fourth-order valence-corrected chi connectivity index (χ4v) is 2.39. The molecule has 0 aliphatic heterocycles. The lowest BCUT2D eigenvalue weighted by Gasteiger charge is -2.06. The smallest absolute Gasteiger partial charge is 0.349 e. The average Bonchev–Trinajstić information content (AvgIpc) is 2.59. The molecule has 0 fully saturated rings. The van der Waals surface area contributed by atoms with Crippen molar-refractivity contribution in [1.29, 1.82) is 0 Å². The van der Waals surface area contributed by atoms with Gasteiger partial charge in [-0.3, -0.25) is 4.79 Å². The third kappa shape index (κ3) is 3.31. The summed E-state index contributed by atoms with van der Waals surface area (Å²) in [5.41, 5.74) is 2.11. The topological polar surface area (TPSA) is 59.3 Å². The van der Waals surface area contributed by atoms with Crippen molar-refractivity contribution in [2.75, 3.05) is 0 Å². The van der Waals surface area contributed by atoms with Gasteiger partial charge in [0.05, 0.1) is 0 Å². The molecule has 0 saturated carbocycles. The first-order valence-electron chi connectivity index (χ1n) is 7.56. The maximum atomic E-state index is 12.2. The van der Waals surface area contributed by atoms with E-state index in [2.05, 4.69) is 12.2 Å². The van der Waals surface area contributed by atoms with Crippen LogP contribution in [-0.2, 0) is 13.0 Å². The summed E-state index contributed by atoms with van der Waals surface area (Å²) >= 11 is 0. The molecule has 0 spiro atoms. The lowest BCUT2D eigenvalue weighted by molar-refractivity contribution is 0.0947. The monoisotopic (exact) mass is 307 g/mol. The van der Waals surface area contributed by atoms with E-state index >= 15 is 0 Å². The number of hydrogen-bond donors (Lipinski definition) is 1. The lowest BCUT2D eigenvalue weighted by Crippen LogP contribution is -2.27. The minimum atomic E-state index is -0.623. The van der Waals surface area contributed by atoms with Crippen LogP contribution in [0, 0.1) is 0 Å². The first-order chi connectivity index (χ1) is 11.2. The third-order valence-electron chi connectivity index (χ3n) is 3.77. The number of carbonyl (C=O) groups excluding carboxylic acids is 1. The van der Waals surface area contributed by atoms with Crippen LogP contribution in [0.1, 0.15) is 28.4 Å². The van der Waals surface area contributed by atoms with Gasteiger partial charge in [0.25, 0.3) is 5.91 Å². The highest BCUT2D eigenvalue weighted by atomic mass is 16.4. The fourth-order valence-electron chi connectivity index (χ4n) is 2.39. The van der Waals surface area contributed by atoms with Gasteiger partial charge in [0.15, 0.2) is 0 Å². The molecule has 0 atom stereocenters. The minimum Gasteiger partial charge on any atom is -0.422 e. The van der Waals surface area contributed by atoms with Gasteiger partial charge in [0.1, 0.15) is 11.1 Å². The molecule has 0 unspecified atom stereocenters. The van der Waals surface area contributed by atoms with E-state index in [9.17, 15) is 9.59 Å². The van der Waals surface area contributed by atoms with E-state index in [1.54, 1.807) is 24.3 Å². The van der Waals surface area contributed by atoms with Crippen LogP contribution in [0.5, 0.6) is 0 Å². The highest BCUT2D eigenvalue weighted by molar-refractivity contribution is 5.96. The van der Waals surface area contributed by atoms with Gasteiger partial charge in [0, 0.05) is 11.9 Å². The van der Waals surface area contributed by atoms with Gasteiger partial charge in [-0.2, -0.15) is 0 Å². The number of carbonyl (C=O) groups is 1. The van der Waals surface area contributed by atoms with Crippen molar-refractivity contribution < 1.29 is 9.21 Å². The Morgan fingerprint density at radius 2 is 1.74 bits per heavy atom. The summed E-state index contributed by atoms with van der Waals surface area (Å²) in [6.07, 6.45) is 0.977. The molecule has 3 aromatic rings. The van der Waals surface area contributed by atoms with Crippen LogP contribution < -0.4 is 10.9 Å². The molecular formula is C19H17NO3. The SMILES string of the molecule is CCc1ccc(CNC(=O)c2cc3ccccc3oc2=O)cc1. The average molecular weight is 307 g/mol. The highest BCUT2D eigenvalue weighted by Gasteiger charge is 2.13. The Morgan fingerprint density at radius 1 is 1.04 bits per heavy atom. The number of amides is 1. The molecule has 23 heavy (non-hydrogen) atoms. The number of nitrogens with one attached hydrogen (secondary N) is 1. The van der Waals surface area contributed by atoms with E-state index in [1.165, 1.54) is 5.56 Å². The number of aryl methyl sites for hydroxylation is 1. The molecule has 0 saturated heterocycles. The second kappa shape index (κ2) is 6.48. The van der Waals surface area contributed by atoms with Gasteiger partial charge in [-0.15, -0.1) is 0 Å². The molecule has 2 aromatic carbocycles. The van der Waals surface area contributed by atoms with E-state index in [0.29, 0.717) is 12.1 Å². The van der Waals surface area contributed by atoms with Crippen LogP contribution in [0.4, 0.5) is 0 Å². The zero-order chi connectivity index (χ0) is 16.2. The number of rotatable bonds is 4.